The van der Waals surface area contributed by atoms with Crippen molar-refractivity contribution in [2.45, 2.75) is 34.0 Å². The van der Waals surface area contributed by atoms with E-state index in [0.717, 1.165) is 0 Å². The molecule has 0 saturated carbocycles. The SMILES string of the molecule is CC1(C)COC(C(C)(C)COC(=O)c2ccco2)OC1. The van der Waals surface area contributed by atoms with Gasteiger partial charge in [-0.25, -0.2) is 4.79 Å². The molecule has 0 spiro atoms. The highest BCUT2D eigenvalue weighted by atomic mass is 16.7. The van der Waals surface area contributed by atoms with Crippen molar-refractivity contribution in [2.24, 2.45) is 10.8 Å². The lowest BCUT2D eigenvalue weighted by atomic mass is 9.90. The molecule has 2 heterocycles. The molecule has 1 saturated heterocycles. The van der Waals surface area contributed by atoms with Gasteiger partial charge in [-0.05, 0) is 12.1 Å². The summed E-state index contributed by atoms with van der Waals surface area (Å²) in [5.41, 5.74) is -0.393. The molecule has 0 radical (unpaired) electrons. The third-order valence-corrected chi connectivity index (χ3v) is 3.19. The molecule has 0 aromatic carbocycles. The zero-order valence-corrected chi connectivity index (χ0v) is 12.5. The molecule has 112 valence electrons. The van der Waals surface area contributed by atoms with E-state index in [1.807, 2.05) is 13.8 Å². The first-order valence-electron chi connectivity index (χ1n) is 6.74. The number of hydrogen-bond acceptors (Lipinski definition) is 5. The van der Waals surface area contributed by atoms with E-state index < -0.39 is 11.4 Å². The number of carbonyl (C=O) groups excluding carboxylic acids is 1. The highest BCUT2D eigenvalue weighted by molar-refractivity contribution is 5.86. The summed E-state index contributed by atoms with van der Waals surface area (Å²) in [6, 6.07) is 3.22. The van der Waals surface area contributed by atoms with Gasteiger partial charge < -0.3 is 18.6 Å². The molecule has 1 aromatic heterocycles. The van der Waals surface area contributed by atoms with Gasteiger partial charge in [0, 0.05) is 10.8 Å². The fourth-order valence-corrected chi connectivity index (χ4v) is 1.93. The van der Waals surface area contributed by atoms with Crippen molar-refractivity contribution in [2.75, 3.05) is 19.8 Å². The first kappa shape index (κ1) is 15.1. The van der Waals surface area contributed by atoms with Crippen LogP contribution in [0.4, 0.5) is 0 Å². The van der Waals surface area contributed by atoms with Gasteiger partial charge in [-0.1, -0.05) is 27.7 Å². The molecule has 1 aromatic rings. The molecular weight excluding hydrogens is 260 g/mol. The first-order chi connectivity index (χ1) is 9.30. The van der Waals surface area contributed by atoms with Crippen molar-refractivity contribution in [1.82, 2.24) is 0 Å². The Morgan fingerprint density at radius 3 is 2.60 bits per heavy atom. The van der Waals surface area contributed by atoms with Crippen LogP contribution in [-0.4, -0.2) is 32.1 Å². The Morgan fingerprint density at radius 1 is 1.40 bits per heavy atom. The number of ether oxygens (including phenoxy) is 3. The molecule has 1 fully saturated rings. The minimum Gasteiger partial charge on any atom is -0.459 e. The smallest absolute Gasteiger partial charge is 0.374 e. The van der Waals surface area contributed by atoms with Gasteiger partial charge in [0.15, 0.2) is 6.29 Å². The van der Waals surface area contributed by atoms with Crippen LogP contribution in [0.2, 0.25) is 0 Å². The van der Waals surface area contributed by atoms with E-state index in [1.165, 1.54) is 6.26 Å². The average Bonchev–Trinajstić information content (AvgIpc) is 2.89. The second kappa shape index (κ2) is 5.58. The molecule has 0 unspecified atom stereocenters. The summed E-state index contributed by atoms with van der Waals surface area (Å²) in [6.45, 7) is 9.55. The van der Waals surface area contributed by atoms with E-state index in [0.29, 0.717) is 13.2 Å². The standard InChI is InChI=1S/C15H22O5/c1-14(2)8-19-13(20-9-14)15(3,4)10-18-12(16)11-6-5-7-17-11/h5-7,13H,8-10H2,1-4H3. The Morgan fingerprint density at radius 2 is 2.05 bits per heavy atom. The molecule has 0 aliphatic carbocycles. The van der Waals surface area contributed by atoms with Crippen LogP contribution in [0.5, 0.6) is 0 Å². The maximum absolute atomic E-state index is 11.7. The maximum Gasteiger partial charge on any atom is 0.374 e. The Bertz CT molecular complexity index is 437. The van der Waals surface area contributed by atoms with Crippen LogP contribution in [0, 0.1) is 10.8 Å². The second-order valence-corrected chi connectivity index (χ2v) is 6.66. The van der Waals surface area contributed by atoms with Gasteiger partial charge in [0.05, 0.1) is 19.5 Å². The van der Waals surface area contributed by atoms with E-state index in [4.69, 9.17) is 18.6 Å². The summed E-state index contributed by atoms with van der Waals surface area (Å²) in [6.07, 6.45) is 1.07. The lowest BCUT2D eigenvalue weighted by Crippen LogP contribution is -2.46. The largest absolute Gasteiger partial charge is 0.459 e. The molecule has 20 heavy (non-hydrogen) atoms. The molecule has 1 aliphatic heterocycles. The van der Waals surface area contributed by atoms with Gasteiger partial charge in [-0.2, -0.15) is 0 Å². The summed E-state index contributed by atoms with van der Waals surface area (Å²) in [7, 11) is 0. The molecule has 0 amide bonds. The summed E-state index contributed by atoms with van der Waals surface area (Å²) >= 11 is 0. The number of hydrogen-bond donors (Lipinski definition) is 0. The molecule has 0 atom stereocenters. The number of esters is 1. The van der Waals surface area contributed by atoms with E-state index in [9.17, 15) is 4.79 Å². The van der Waals surface area contributed by atoms with Crippen LogP contribution in [0.3, 0.4) is 0 Å². The number of furan rings is 1. The molecular formula is C15H22O5. The molecule has 0 N–H and O–H groups in total. The van der Waals surface area contributed by atoms with Crippen molar-refractivity contribution in [3.63, 3.8) is 0 Å². The fourth-order valence-electron chi connectivity index (χ4n) is 1.93. The Labute approximate surface area is 119 Å². The van der Waals surface area contributed by atoms with E-state index in [-0.39, 0.29) is 24.1 Å². The predicted molar refractivity (Wildman–Crippen MR) is 72.2 cm³/mol. The van der Waals surface area contributed by atoms with Crippen molar-refractivity contribution >= 4 is 5.97 Å². The number of rotatable bonds is 4. The van der Waals surface area contributed by atoms with Gasteiger partial charge in [-0.15, -0.1) is 0 Å². The lowest BCUT2D eigenvalue weighted by Gasteiger charge is -2.41. The van der Waals surface area contributed by atoms with Crippen molar-refractivity contribution in [3.05, 3.63) is 24.2 Å². The number of carbonyl (C=O) groups is 1. The summed E-state index contributed by atoms with van der Waals surface area (Å²) in [4.78, 5) is 11.7. The molecule has 5 nitrogen and oxygen atoms in total. The van der Waals surface area contributed by atoms with Gasteiger partial charge >= 0.3 is 5.97 Å². The molecule has 1 aliphatic rings. The summed E-state index contributed by atoms with van der Waals surface area (Å²) in [5.74, 6) is -0.272. The van der Waals surface area contributed by atoms with Gasteiger partial charge in [0.25, 0.3) is 0 Å². The molecule has 2 rings (SSSR count). The van der Waals surface area contributed by atoms with Crippen LogP contribution in [-0.2, 0) is 14.2 Å². The highest BCUT2D eigenvalue weighted by Crippen LogP contribution is 2.32. The van der Waals surface area contributed by atoms with Crippen LogP contribution in [0.25, 0.3) is 0 Å². The Kier molecular flexibility index (Phi) is 4.20. The van der Waals surface area contributed by atoms with Crippen molar-refractivity contribution in [3.8, 4) is 0 Å². The van der Waals surface area contributed by atoms with E-state index >= 15 is 0 Å². The zero-order valence-electron chi connectivity index (χ0n) is 12.5. The normalized spacial score (nSPS) is 19.8. The minimum atomic E-state index is -0.473. The summed E-state index contributed by atoms with van der Waals surface area (Å²) in [5, 5.41) is 0. The fraction of sp³-hybridized carbons (Fsp3) is 0.667. The van der Waals surface area contributed by atoms with Gasteiger partial charge in [0.2, 0.25) is 5.76 Å². The Hall–Kier alpha value is -1.33. The third-order valence-electron chi connectivity index (χ3n) is 3.19. The second-order valence-electron chi connectivity index (χ2n) is 6.66. The average molecular weight is 282 g/mol. The summed E-state index contributed by atoms with van der Waals surface area (Å²) < 4.78 is 21.7. The third kappa shape index (κ3) is 3.61. The van der Waals surface area contributed by atoms with Crippen molar-refractivity contribution in [1.29, 1.82) is 0 Å². The quantitative estimate of drug-likeness (QED) is 0.795. The molecule has 0 bridgehead atoms. The van der Waals surface area contributed by atoms with Gasteiger partial charge in [0.1, 0.15) is 6.61 Å². The van der Waals surface area contributed by atoms with Crippen LogP contribution in [0.15, 0.2) is 22.8 Å². The van der Waals surface area contributed by atoms with E-state index in [1.54, 1.807) is 12.1 Å². The van der Waals surface area contributed by atoms with Crippen LogP contribution >= 0.6 is 0 Å². The van der Waals surface area contributed by atoms with Gasteiger partial charge in [-0.3, -0.25) is 0 Å². The Balaban J connectivity index is 1.86. The highest BCUT2D eigenvalue weighted by Gasteiger charge is 2.39. The monoisotopic (exact) mass is 282 g/mol. The molecule has 5 heteroatoms. The first-order valence-corrected chi connectivity index (χ1v) is 6.74. The van der Waals surface area contributed by atoms with Crippen molar-refractivity contribution < 1.29 is 23.4 Å². The zero-order chi connectivity index (χ0) is 14.8. The van der Waals surface area contributed by atoms with E-state index in [2.05, 4.69) is 13.8 Å². The maximum atomic E-state index is 11.7. The minimum absolute atomic E-state index is 0.0252. The predicted octanol–water partition coefficient (Wildman–Crippen LogP) is 2.86. The topological polar surface area (TPSA) is 57.9 Å². The lowest BCUT2D eigenvalue weighted by molar-refractivity contribution is -0.267. The van der Waals surface area contributed by atoms with Crippen LogP contribution in [0.1, 0.15) is 38.2 Å². The van der Waals surface area contributed by atoms with Crippen LogP contribution < -0.4 is 0 Å².